The first kappa shape index (κ1) is 34.6. The molecule has 0 atom stereocenters. The molecule has 4 aromatic carbocycles. The monoisotopic (exact) mass is 677 g/mol. The zero-order chi connectivity index (χ0) is 35.7. The first-order valence-electron chi connectivity index (χ1n) is 16.8. The number of nitrogens with zero attached hydrogens (tertiary/aromatic N) is 3. The number of allylic oxidation sites excluding steroid dienone is 7. The molecule has 4 heteroatoms. The molecular weight excluding hydrogens is 639 g/mol. The molecule has 0 saturated carbocycles. The maximum Gasteiger partial charge on any atom is 0.161 e. The van der Waals surface area contributed by atoms with Crippen LogP contribution in [0.1, 0.15) is 35.4 Å². The first-order valence-corrected chi connectivity index (χ1v) is 17.6. The molecule has 0 radical (unpaired) electrons. The Hall–Kier alpha value is -6.23. The molecule has 0 unspecified atom stereocenters. The Kier molecular flexibility index (Phi) is 10.9. The molecule has 6 rings (SSSR count). The van der Waals surface area contributed by atoms with Crippen molar-refractivity contribution in [2.45, 2.75) is 13.8 Å². The highest BCUT2D eigenvalue weighted by Crippen LogP contribution is 2.40. The molecule has 0 aliphatic rings. The summed E-state index contributed by atoms with van der Waals surface area (Å²) in [6.07, 6.45) is 13.6. The van der Waals surface area contributed by atoms with E-state index in [4.69, 9.17) is 15.0 Å². The lowest BCUT2D eigenvalue weighted by atomic mass is 9.95. The highest BCUT2D eigenvalue weighted by molar-refractivity contribution is 7.19. The van der Waals surface area contributed by atoms with Crippen LogP contribution in [0, 0.1) is 0 Å². The standard InChI is InChI=1S/C47H39N3S/c1-7-20-34(9-3)33(6)48-42(36-24-16-12-17-25-36)28-32(5)38-29-39(35-22-14-11-15-23-35)31-40(30-38)46-49-45(37-26-18-13-19-27-37)44-41(21-8-2)43(10-4)51-47(44)50-46/h7-31H,1,3-5H2,2,6H3/b21-8-,34-20+,42-28-,48-33-. The number of thiophene rings is 1. The number of hydrogen-bond donors (Lipinski definition) is 0. The van der Waals surface area contributed by atoms with Crippen molar-refractivity contribution in [1.82, 2.24) is 9.97 Å². The van der Waals surface area contributed by atoms with Crippen LogP contribution in [0.5, 0.6) is 0 Å². The van der Waals surface area contributed by atoms with Crippen LogP contribution in [-0.2, 0) is 0 Å². The Balaban J connectivity index is 1.58. The van der Waals surface area contributed by atoms with Crippen molar-refractivity contribution in [3.05, 3.63) is 193 Å². The fourth-order valence-electron chi connectivity index (χ4n) is 5.94. The van der Waals surface area contributed by atoms with E-state index in [1.165, 1.54) is 0 Å². The maximum atomic E-state index is 5.30. The summed E-state index contributed by atoms with van der Waals surface area (Å²) in [5.41, 5.74) is 11.3. The number of aromatic nitrogens is 2. The van der Waals surface area contributed by atoms with E-state index in [0.29, 0.717) is 5.82 Å². The van der Waals surface area contributed by atoms with Crippen LogP contribution in [0.2, 0.25) is 0 Å². The van der Waals surface area contributed by atoms with E-state index in [1.54, 1.807) is 23.5 Å². The zero-order valence-electron chi connectivity index (χ0n) is 29.0. The van der Waals surface area contributed by atoms with E-state index in [0.717, 1.165) is 82.3 Å². The lowest BCUT2D eigenvalue weighted by Gasteiger charge is -2.13. The second-order valence-electron chi connectivity index (χ2n) is 11.9. The van der Waals surface area contributed by atoms with Gasteiger partial charge in [-0.25, -0.2) is 9.97 Å². The van der Waals surface area contributed by atoms with Crippen LogP contribution in [-0.4, -0.2) is 15.7 Å². The second kappa shape index (κ2) is 16.0. The van der Waals surface area contributed by atoms with Crippen molar-refractivity contribution in [1.29, 1.82) is 0 Å². The zero-order valence-corrected chi connectivity index (χ0v) is 29.8. The fourth-order valence-corrected chi connectivity index (χ4v) is 6.95. The number of benzene rings is 4. The number of aliphatic imine (C=N–C) groups is 1. The van der Waals surface area contributed by atoms with E-state index >= 15 is 0 Å². The maximum absolute atomic E-state index is 5.30. The Morgan fingerprint density at radius 2 is 1.39 bits per heavy atom. The summed E-state index contributed by atoms with van der Waals surface area (Å²) in [6, 6.07) is 37.3. The third-order valence-electron chi connectivity index (χ3n) is 8.46. The average molecular weight is 678 g/mol. The van der Waals surface area contributed by atoms with Crippen LogP contribution in [0.25, 0.3) is 67.4 Å². The van der Waals surface area contributed by atoms with Gasteiger partial charge in [0.15, 0.2) is 5.82 Å². The Morgan fingerprint density at radius 1 is 0.745 bits per heavy atom. The molecule has 2 heterocycles. The molecule has 0 aliphatic heterocycles. The predicted octanol–water partition coefficient (Wildman–Crippen LogP) is 13.2. The first-order chi connectivity index (χ1) is 24.9. The van der Waals surface area contributed by atoms with E-state index in [1.807, 2.05) is 74.5 Å². The SMILES string of the molecule is C=C/C=C(C=C)/C(C)=N\C(=C/C(=C)c1cc(-c2ccccc2)cc(-c2nc(-c3ccccc3)c3c(/C=C\C)c(C=C)sc3n2)c1)c1ccccc1. The van der Waals surface area contributed by atoms with E-state index < -0.39 is 0 Å². The van der Waals surface area contributed by atoms with E-state index in [2.05, 4.69) is 105 Å². The van der Waals surface area contributed by atoms with E-state index in [-0.39, 0.29) is 0 Å². The van der Waals surface area contributed by atoms with Crippen molar-refractivity contribution in [2.24, 2.45) is 4.99 Å². The van der Waals surface area contributed by atoms with Gasteiger partial charge in [-0.2, -0.15) is 0 Å². The molecule has 6 aromatic rings. The fraction of sp³-hybridized carbons (Fsp3) is 0.0426. The summed E-state index contributed by atoms with van der Waals surface area (Å²) < 4.78 is 0. The number of rotatable bonds is 12. The van der Waals surface area contributed by atoms with Crippen LogP contribution in [0.4, 0.5) is 0 Å². The highest BCUT2D eigenvalue weighted by atomic mass is 32.1. The van der Waals surface area contributed by atoms with Crippen LogP contribution in [0.15, 0.2) is 176 Å². The van der Waals surface area contributed by atoms with Gasteiger partial charge in [0.1, 0.15) is 4.83 Å². The van der Waals surface area contributed by atoms with Crippen LogP contribution >= 0.6 is 11.3 Å². The molecule has 248 valence electrons. The molecule has 0 bridgehead atoms. The molecule has 0 amide bonds. The van der Waals surface area contributed by atoms with Gasteiger partial charge >= 0.3 is 0 Å². The quantitative estimate of drug-likeness (QED) is 0.0955. The molecular formula is C47H39N3S. The highest BCUT2D eigenvalue weighted by Gasteiger charge is 2.19. The van der Waals surface area contributed by atoms with Crippen molar-refractivity contribution in [3.8, 4) is 33.8 Å². The van der Waals surface area contributed by atoms with Gasteiger partial charge in [0.25, 0.3) is 0 Å². The van der Waals surface area contributed by atoms with Gasteiger partial charge in [-0.1, -0.05) is 154 Å². The van der Waals surface area contributed by atoms with Crippen molar-refractivity contribution in [2.75, 3.05) is 0 Å². The average Bonchev–Trinajstić information content (AvgIpc) is 3.54. The minimum absolute atomic E-state index is 0.642. The summed E-state index contributed by atoms with van der Waals surface area (Å²) in [7, 11) is 0. The normalized spacial score (nSPS) is 12.3. The third kappa shape index (κ3) is 7.67. The minimum atomic E-state index is 0.642. The predicted molar refractivity (Wildman–Crippen MR) is 224 cm³/mol. The molecule has 2 aromatic heterocycles. The summed E-state index contributed by atoms with van der Waals surface area (Å²) >= 11 is 1.63. The Bertz CT molecular complexity index is 2370. The van der Waals surface area contributed by atoms with Gasteiger partial charge in [0, 0.05) is 38.2 Å². The van der Waals surface area contributed by atoms with Crippen LogP contribution < -0.4 is 0 Å². The minimum Gasteiger partial charge on any atom is -0.252 e. The number of hydrogen-bond acceptors (Lipinski definition) is 4. The molecule has 3 nitrogen and oxygen atoms in total. The van der Waals surface area contributed by atoms with Gasteiger partial charge in [0.05, 0.1) is 11.4 Å². The topological polar surface area (TPSA) is 38.1 Å². The molecule has 0 fully saturated rings. The van der Waals surface area contributed by atoms with Crippen molar-refractivity contribution in [3.63, 3.8) is 0 Å². The third-order valence-corrected chi connectivity index (χ3v) is 9.55. The summed E-state index contributed by atoms with van der Waals surface area (Å²) in [6.45, 7) is 20.5. The Labute approximate surface area is 305 Å². The molecule has 0 saturated heterocycles. The van der Waals surface area contributed by atoms with Gasteiger partial charge in [0.2, 0.25) is 0 Å². The molecule has 0 aliphatic carbocycles. The largest absolute Gasteiger partial charge is 0.252 e. The van der Waals surface area contributed by atoms with Gasteiger partial charge < -0.3 is 0 Å². The summed E-state index contributed by atoms with van der Waals surface area (Å²) in [5, 5.41) is 1.03. The second-order valence-corrected chi connectivity index (χ2v) is 12.9. The number of fused-ring (bicyclic) bond motifs is 1. The Morgan fingerprint density at radius 3 is 2.02 bits per heavy atom. The van der Waals surface area contributed by atoms with Crippen molar-refractivity contribution < 1.29 is 0 Å². The van der Waals surface area contributed by atoms with Gasteiger partial charge in [-0.15, -0.1) is 11.3 Å². The van der Waals surface area contributed by atoms with E-state index in [9.17, 15) is 0 Å². The lowest BCUT2D eigenvalue weighted by molar-refractivity contribution is 1.24. The summed E-state index contributed by atoms with van der Waals surface area (Å²) in [5.74, 6) is 0.642. The van der Waals surface area contributed by atoms with Crippen molar-refractivity contribution >= 4 is 50.7 Å². The van der Waals surface area contributed by atoms with Crippen LogP contribution in [0.3, 0.4) is 0 Å². The lowest BCUT2D eigenvalue weighted by Crippen LogP contribution is -1.97. The smallest absolute Gasteiger partial charge is 0.161 e. The van der Waals surface area contributed by atoms with Gasteiger partial charge in [-0.05, 0) is 66.0 Å². The molecule has 0 spiro atoms. The summed E-state index contributed by atoms with van der Waals surface area (Å²) in [4.78, 5) is 17.6. The van der Waals surface area contributed by atoms with Gasteiger partial charge in [-0.3, -0.25) is 4.99 Å². The molecule has 51 heavy (non-hydrogen) atoms. The molecule has 0 N–H and O–H groups in total.